The largest absolute Gasteiger partial charge is 0.331 e. The number of rotatable bonds is 1. The van der Waals surface area contributed by atoms with Crippen LogP contribution in [-0.2, 0) is 0 Å². The standard InChI is InChI=1S/C13H16BrN3O/c14-10-5-9(6-16-7-10)13(18)17-11-1-2-12(17)8-15-4-3-11/h5-7,11-12,15H,1-4,8H2. The molecule has 1 N–H and O–H groups in total. The van der Waals surface area contributed by atoms with Crippen LogP contribution in [0.25, 0.3) is 0 Å². The maximum atomic E-state index is 12.6. The fourth-order valence-electron chi connectivity index (χ4n) is 2.99. The Labute approximate surface area is 115 Å². The fraction of sp³-hybridized carbons (Fsp3) is 0.538. The van der Waals surface area contributed by atoms with Gasteiger partial charge in [-0.1, -0.05) is 0 Å². The predicted molar refractivity (Wildman–Crippen MR) is 72.4 cm³/mol. The lowest BCUT2D eigenvalue weighted by Crippen LogP contribution is -2.42. The van der Waals surface area contributed by atoms with Gasteiger partial charge in [0.1, 0.15) is 0 Å². The normalized spacial score (nSPS) is 27.1. The zero-order valence-corrected chi connectivity index (χ0v) is 11.7. The lowest BCUT2D eigenvalue weighted by Gasteiger charge is -2.27. The molecule has 3 heterocycles. The average molecular weight is 310 g/mol. The average Bonchev–Trinajstić information content (AvgIpc) is 2.62. The summed E-state index contributed by atoms with van der Waals surface area (Å²) in [7, 11) is 0. The van der Waals surface area contributed by atoms with Crippen molar-refractivity contribution < 1.29 is 4.79 Å². The lowest BCUT2D eigenvalue weighted by atomic mass is 10.1. The van der Waals surface area contributed by atoms with E-state index in [4.69, 9.17) is 0 Å². The van der Waals surface area contributed by atoms with E-state index >= 15 is 0 Å². The van der Waals surface area contributed by atoms with E-state index in [1.165, 1.54) is 0 Å². The molecule has 2 fully saturated rings. The Morgan fingerprint density at radius 2 is 2.17 bits per heavy atom. The van der Waals surface area contributed by atoms with E-state index in [9.17, 15) is 4.79 Å². The minimum Gasteiger partial charge on any atom is -0.331 e. The third-order valence-electron chi connectivity index (χ3n) is 3.84. The van der Waals surface area contributed by atoms with Crippen molar-refractivity contribution in [3.8, 4) is 0 Å². The number of carbonyl (C=O) groups is 1. The molecule has 1 amide bonds. The molecule has 2 unspecified atom stereocenters. The van der Waals surface area contributed by atoms with Crippen LogP contribution in [-0.4, -0.2) is 41.0 Å². The van der Waals surface area contributed by atoms with Crippen molar-refractivity contribution in [2.45, 2.75) is 31.3 Å². The van der Waals surface area contributed by atoms with E-state index in [1.807, 2.05) is 6.07 Å². The third kappa shape index (κ3) is 2.17. The summed E-state index contributed by atoms with van der Waals surface area (Å²) in [4.78, 5) is 18.8. The molecule has 0 saturated carbocycles. The molecule has 4 nitrogen and oxygen atoms in total. The van der Waals surface area contributed by atoms with Crippen LogP contribution in [0.2, 0.25) is 0 Å². The summed E-state index contributed by atoms with van der Waals surface area (Å²) < 4.78 is 0.855. The fourth-order valence-corrected chi connectivity index (χ4v) is 3.36. The summed E-state index contributed by atoms with van der Waals surface area (Å²) in [6.45, 7) is 1.94. The molecule has 1 aromatic rings. The Morgan fingerprint density at radius 3 is 3.00 bits per heavy atom. The van der Waals surface area contributed by atoms with Crippen molar-refractivity contribution >= 4 is 21.8 Å². The second-order valence-corrected chi connectivity index (χ2v) is 5.90. The number of hydrogen-bond donors (Lipinski definition) is 1. The first-order chi connectivity index (χ1) is 8.75. The number of fused-ring (bicyclic) bond motifs is 2. The second-order valence-electron chi connectivity index (χ2n) is 4.98. The number of nitrogens with zero attached hydrogens (tertiary/aromatic N) is 2. The van der Waals surface area contributed by atoms with Crippen molar-refractivity contribution in [2.75, 3.05) is 13.1 Å². The minimum absolute atomic E-state index is 0.125. The topological polar surface area (TPSA) is 45.2 Å². The highest BCUT2D eigenvalue weighted by molar-refractivity contribution is 9.10. The van der Waals surface area contributed by atoms with Crippen molar-refractivity contribution in [3.05, 3.63) is 28.5 Å². The number of pyridine rings is 1. The van der Waals surface area contributed by atoms with Gasteiger partial charge in [-0.3, -0.25) is 9.78 Å². The Kier molecular flexibility index (Phi) is 3.35. The monoisotopic (exact) mass is 309 g/mol. The number of aromatic nitrogens is 1. The Morgan fingerprint density at radius 1 is 1.33 bits per heavy atom. The quantitative estimate of drug-likeness (QED) is 0.860. The van der Waals surface area contributed by atoms with Gasteiger partial charge in [0.05, 0.1) is 5.56 Å². The van der Waals surface area contributed by atoms with E-state index in [2.05, 4.69) is 31.1 Å². The SMILES string of the molecule is O=C(c1cncc(Br)c1)N1C2CCNCC1CC2. The Balaban J connectivity index is 1.87. The van der Waals surface area contributed by atoms with Crippen molar-refractivity contribution in [2.24, 2.45) is 0 Å². The number of halogens is 1. The maximum Gasteiger partial charge on any atom is 0.256 e. The highest BCUT2D eigenvalue weighted by Crippen LogP contribution is 2.29. The van der Waals surface area contributed by atoms with Crippen LogP contribution >= 0.6 is 15.9 Å². The van der Waals surface area contributed by atoms with E-state index in [0.29, 0.717) is 17.6 Å². The van der Waals surface area contributed by atoms with Crippen LogP contribution < -0.4 is 5.32 Å². The number of carbonyl (C=O) groups excluding carboxylic acids is 1. The van der Waals surface area contributed by atoms with Crippen LogP contribution in [0.4, 0.5) is 0 Å². The first kappa shape index (κ1) is 12.1. The van der Waals surface area contributed by atoms with Gasteiger partial charge in [-0.15, -0.1) is 0 Å². The Bertz CT molecular complexity index is 451. The molecule has 5 heteroatoms. The minimum atomic E-state index is 0.125. The first-order valence-corrected chi connectivity index (χ1v) is 7.19. The van der Waals surface area contributed by atoms with Gasteiger partial charge in [0.2, 0.25) is 0 Å². The summed E-state index contributed by atoms with van der Waals surface area (Å²) in [6, 6.07) is 2.60. The van der Waals surface area contributed by atoms with Gasteiger partial charge in [-0.2, -0.15) is 0 Å². The number of hydrogen-bond acceptors (Lipinski definition) is 3. The molecule has 0 aromatic carbocycles. The molecule has 0 aliphatic carbocycles. The van der Waals surface area contributed by atoms with E-state index in [-0.39, 0.29) is 5.91 Å². The molecule has 2 saturated heterocycles. The van der Waals surface area contributed by atoms with Gasteiger partial charge in [-0.05, 0) is 47.8 Å². The van der Waals surface area contributed by atoms with Gasteiger partial charge in [0.25, 0.3) is 5.91 Å². The van der Waals surface area contributed by atoms with Crippen molar-refractivity contribution in [1.29, 1.82) is 0 Å². The zero-order valence-electron chi connectivity index (χ0n) is 10.1. The lowest BCUT2D eigenvalue weighted by molar-refractivity contribution is 0.0680. The summed E-state index contributed by atoms with van der Waals surface area (Å²) in [5, 5.41) is 3.41. The predicted octanol–water partition coefficient (Wildman–Crippen LogP) is 1.81. The smallest absolute Gasteiger partial charge is 0.256 e. The van der Waals surface area contributed by atoms with Crippen LogP contribution in [0.5, 0.6) is 0 Å². The molecule has 96 valence electrons. The number of amides is 1. The van der Waals surface area contributed by atoms with Crippen LogP contribution in [0.1, 0.15) is 29.6 Å². The number of nitrogens with one attached hydrogen (secondary N) is 1. The maximum absolute atomic E-state index is 12.6. The molecule has 1 aromatic heterocycles. The highest BCUT2D eigenvalue weighted by atomic mass is 79.9. The summed E-state index contributed by atoms with van der Waals surface area (Å²) in [6.07, 6.45) is 6.67. The Hall–Kier alpha value is -0.940. The van der Waals surface area contributed by atoms with Gasteiger partial charge < -0.3 is 10.2 Å². The molecule has 2 aliphatic heterocycles. The van der Waals surface area contributed by atoms with Gasteiger partial charge >= 0.3 is 0 Å². The molecule has 2 atom stereocenters. The van der Waals surface area contributed by atoms with E-state index in [1.54, 1.807) is 12.4 Å². The van der Waals surface area contributed by atoms with Gasteiger partial charge in [0, 0.05) is 35.5 Å². The van der Waals surface area contributed by atoms with Crippen molar-refractivity contribution in [3.63, 3.8) is 0 Å². The molecule has 3 rings (SSSR count). The summed E-state index contributed by atoms with van der Waals surface area (Å²) >= 11 is 3.37. The molecule has 0 spiro atoms. The molecule has 18 heavy (non-hydrogen) atoms. The molecule has 2 bridgehead atoms. The molecule has 0 radical (unpaired) electrons. The molecule has 2 aliphatic rings. The summed E-state index contributed by atoms with van der Waals surface area (Å²) in [5.41, 5.74) is 0.683. The summed E-state index contributed by atoms with van der Waals surface area (Å²) in [5.74, 6) is 0.125. The molecular weight excluding hydrogens is 294 g/mol. The van der Waals surface area contributed by atoms with Crippen LogP contribution in [0, 0.1) is 0 Å². The van der Waals surface area contributed by atoms with E-state index < -0.39 is 0 Å². The zero-order chi connectivity index (χ0) is 12.5. The first-order valence-electron chi connectivity index (χ1n) is 6.39. The van der Waals surface area contributed by atoms with Crippen molar-refractivity contribution in [1.82, 2.24) is 15.2 Å². The van der Waals surface area contributed by atoms with Gasteiger partial charge in [0.15, 0.2) is 0 Å². The van der Waals surface area contributed by atoms with Gasteiger partial charge in [-0.25, -0.2) is 0 Å². The highest BCUT2D eigenvalue weighted by Gasteiger charge is 2.38. The third-order valence-corrected chi connectivity index (χ3v) is 4.27. The van der Waals surface area contributed by atoms with Crippen LogP contribution in [0.15, 0.2) is 22.9 Å². The van der Waals surface area contributed by atoms with Crippen LogP contribution in [0.3, 0.4) is 0 Å². The van der Waals surface area contributed by atoms with E-state index in [0.717, 1.165) is 36.8 Å². The second kappa shape index (κ2) is 4.97. The molecular formula is C13H16BrN3O.